The van der Waals surface area contributed by atoms with Crippen molar-refractivity contribution in [3.05, 3.63) is 88.9 Å². The highest BCUT2D eigenvalue weighted by Gasteiger charge is 2.30. The molecule has 0 bridgehead atoms. The minimum absolute atomic E-state index is 0.133. The van der Waals surface area contributed by atoms with Gasteiger partial charge in [-0.3, -0.25) is 0 Å². The fourth-order valence-electron chi connectivity index (χ4n) is 6.82. The van der Waals surface area contributed by atoms with Crippen molar-refractivity contribution in [3.8, 4) is 17.1 Å². The van der Waals surface area contributed by atoms with Crippen molar-refractivity contribution in [3.63, 3.8) is 0 Å². The number of aromatic carboxylic acids is 1. The molecule has 0 amide bonds. The van der Waals surface area contributed by atoms with Gasteiger partial charge in [-0.05, 0) is 73.8 Å². The highest BCUT2D eigenvalue weighted by Crippen LogP contribution is 2.41. The third kappa shape index (κ3) is 8.37. The van der Waals surface area contributed by atoms with Crippen LogP contribution in [0, 0.1) is 31.6 Å². The quantitative estimate of drug-likeness (QED) is 0.101. The van der Waals surface area contributed by atoms with Crippen LogP contribution < -0.4 is 14.8 Å². The maximum Gasteiger partial charge on any atom is 0.335 e. The van der Waals surface area contributed by atoms with E-state index in [4.69, 9.17) is 14.1 Å². The average molecular weight is 713 g/mol. The Labute approximate surface area is 298 Å². The van der Waals surface area contributed by atoms with E-state index in [9.17, 15) is 18.3 Å². The Balaban J connectivity index is 1.29. The van der Waals surface area contributed by atoms with Crippen LogP contribution >= 0.6 is 0 Å². The first-order chi connectivity index (χ1) is 24.3. The Kier molecular flexibility index (Phi) is 10.4. The van der Waals surface area contributed by atoms with Crippen molar-refractivity contribution in [2.24, 2.45) is 17.8 Å². The van der Waals surface area contributed by atoms with E-state index < -0.39 is 16.0 Å². The molecule has 0 aliphatic heterocycles. The van der Waals surface area contributed by atoms with Gasteiger partial charge in [-0.25, -0.2) is 32.9 Å². The number of carboxylic acids is 1. The van der Waals surface area contributed by atoms with Gasteiger partial charge in [0.2, 0.25) is 17.5 Å². The Hall–Kier alpha value is -4.88. The third-order valence-corrected chi connectivity index (χ3v) is 10.6. The van der Waals surface area contributed by atoms with Crippen molar-refractivity contribution in [1.82, 2.24) is 25.3 Å². The Bertz CT molecular complexity index is 2130. The van der Waals surface area contributed by atoms with Gasteiger partial charge in [0.25, 0.3) is 10.0 Å². The summed E-state index contributed by atoms with van der Waals surface area (Å²) in [7, 11) is -4.25. The van der Waals surface area contributed by atoms with Crippen molar-refractivity contribution in [2.75, 3.05) is 11.3 Å². The molecule has 0 spiro atoms. The van der Waals surface area contributed by atoms with Crippen LogP contribution in [0.1, 0.15) is 79.4 Å². The maximum absolute atomic E-state index is 13.5. The lowest BCUT2D eigenvalue weighted by Gasteiger charge is -2.34. The summed E-state index contributed by atoms with van der Waals surface area (Å²) in [6.07, 6.45) is 4.00. The standard InChI is InChI=1S/C38H44N6O6S/c1-21(2)34(22(3)4)31(39-18-27-19-40-36-30(41-27)16-32(50-36)25-13-14-25)20-49-33-17-29(35-23(5)9-7-10-24(35)6)42-38(43-33)44-51(47,48)28-12-8-11-26(15-28)37(45)46/h7-12,15-17,19,21-22,25,31,34,39H,13-14,18,20H2,1-6H3,(H,45,46)(H,42,43,44). The molecule has 1 aliphatic rings. The van der Waals surface area contributed by atoms with Gasteiger partial charge < -0.3 is 19.6 Å². The lowest BCUT2D eigenvalue weighted by atomic mass is 9.80. The normalized spacial score (nSPS) is 14.1. The van der Waals surface area contributed by atoms with E-state index >= 15 is 0 Å². The van der Waals surface area contributed by atoms with Crippen LogP contribution in [-0.4, -0.2) is 52.1 Å². The molecule has 6 rings (SSSR count). The molecule has 13 heteroatoms. The molecular formula is C38H44N6O6S. The maximum atomic E-state index is 13.5. The number of nitrogens with one attached hydrogen (secondary N) is 2. The summed E-state index contributed by atoms with van der Waals surface area (Å²) in [5, 5.41) is 13.1. The average Bonchev–Trinajstić information content (AvgIpc) is 3.84. The summed E-state index contributed by atoms with van der Waals surface area (Å²) in [6, 6.07) is 14.5. The first-order valence-electron chi connectivity index (χ1n) is 17.2. The summed E-state index contributed by atoms with van der Waals surface area (Å²) < 4.78 is 41.7. The second kappa shape index (κ2) is 14.8. The summed E-state index contributed by atoms with van der Waals surface area (Å²) >= 11 is 0. The number of carbonyl (C=O) groups is 1. The zero-order valence-corrected chi connectivity index (χ0v) is 30.5. The number of benzene rings is 2. The monoisotopic (exact) mass is 712 g/mol. The number of anilines is 1. The SMILES string of the molecule is Cc1cccc(C)c1-c1cc(OCC(NCc2cnc3oc(C4CC4)cc3n2)C(C(C)C)C(C)C)nc(NS(=O)(=O)c2cccc(C(=O)O)c2)n1. The summed E-state index contributed by atoms with van der Waals surface area (Å²) in [5.41, 5.74) is 5.12. The number of rotatable bonds is 15. The van der Waals surface area contributed by atoms with E-state index in [2.05, 4.69) is 52.7 Å². The largest absolute Gasteiger partial charge is 0.478 e. The number of hydrogen-bond acceptors (Lipinski definition) is 10. The van der Waals surface area contributed by atoms with Gasteiger partial charge in [-0.2, -0.15) is 4.98 Å². The van der Waals surface area contributed by atoms with Crippen molar-refractivity contribution in [2.45, 2.75) is 77.8 Å². The molecule has 0 radical (unpaired) electrons. The number of ether oxygens (including phenoxy) is 1. The van der Waals surface area contributed by atoms with E-state index in [1.807, 2.05) is 38.1 Å². The number of aryl methyl sites for hydroxylation is 2. The minimum Gasteiger partial charge on any atom is -0.478 e. The number of hydrogen-bond donors (Lipinski definition) is 3. The first kappa shape index (κ1) is 35.9. The van der Waals surface area contributed by atoms with Gasteiger partial charge in [0.1, 0.15) is 17.9 Å². The molecule has 1 aliphatic carbocycles. The van der Waals surface area contributed by atoms with Crippen molar-refractivity contribution < 1.29 is 27.5 Å². The first-order valence-corrected chi connectivity index (χ1v) is 18.7. The Morgan fingerprint density at radius 1 is 0.980 bits per heavy atom. The highest BCUT2D eigenvalue weighted by atomic mass is 32.2. The summed E-state index contributed by atoms with van der Waals surface area (Å²) in [5.74, 6) is 0.996. The van der Waals surface area contributed by atoms with E-state index in [1.165, 1.54) is 18.2 Å². The molecule has 3 heterocycles. The van der Waals surface area contributed by atoms with Crippen LogP contribution in [0.5, 0.6) is 5.88 Å². The van der Waals surface area contributed by atoms with E-state index in [-0.39, 0.29) is 40.9 Å². The predicted molar refractivity (Wildman–Crippen MR) is 194 cm³/mol. The number of carboxylic acid groups (broad SMARTS) is 1. The lowest BCUT2D eigenvalue weighted by Crippen LogP contribution is -2.45. The smallest absolute Gasteiger partial charge is 0.335 e. The van der Waals surface area contributed by atoms with E-state index in [1.54, 1.807) is 12.3 Å². The molecule has 0 saturated heterocycles. The minimum atomic E-state index is -4.25. The third-order valence-electron chi connectivity index (χ3n) is 9.30. The zero-order valence-electron chi connectivity index (χ0n) is 29.7. The van der Waals surface area contributed by atoms with Gasteiger partial charge in [-0.15, -0.1) is 0 Å². The molecule has 1 unspecified atom stereocenters. The van der Waals surface area contributed by atoms with Crippen LogP contribution in [0.15, 0.2) is 70.1 Å². The van der Waals surface area contributed by atoms with Crippen LogP contribution in [0.25, 0.3) is 22.5 Å². The van der Waals surface area contributed by atoms with Gasteiger partial charge in [-0.1, -0.05) is 52.0 Å². The van der Waals surface area contributed by atoms with E-state index in [0.717, 1.165) is 52.6 Å². The molecule has 12 nitrogen and oxygen atoms in total. The topological polar surface area (TPSA) is 169 Å². The Morgan fingerprint density at radius 2 is 1.69 bits per heavy atom. The molecule has 2 aromatic carbocycles. The molecule has 51 heavy (non-hydrogen) atoms. The van der Waals surface area contributed by atoms with Crippen molar-refractivity contribution >= 4 is 33.2 Å². The van der Waals surface area contributed by atoms with Gasteiger partial charge >= 0.3 is 5.97 Å². The molecule has 268 valence electrons. The number of sulfonamides is 1. The van der Waals surface area contributed by atoms with Gasteiger partial charge in [0, 0.05) is 36.2 Å². The second-order valence-corrected chi connectivity index (χ2v) is 15.6. The zero-order chi connectivity index (χ0) is 36.4. The fraction of sp³-hybridized carbons (Fsp3) is 0.395. The molecule has 1 atom stereocenters. The molecule has 3 aromatic heterocycles. The van der Waals surface area contributed by atoms with Crippen molar-refractivity contribution in [1.29, 1.82) is 0 Å². The molecule has 1 saturated carbocycles. The summed E-state index contributed by atoms with van der Waals surface area (Å²) in [4.78, 5) is 29.7. The fourth-order valence-corrected chi connectivity index (χ4v) is 7.81. The predicted octanol–water partition coefficient (Wildman–Crippen LogP) is 7.14. The molecule has 3 N–H and O–H groups in total. The molecule has 5 aromatic rings. The van der Waals surface area contributed by atoms with Gasteiger partial charge in [0.15, 0.2) is 0 Å². The van der Waals surface area contributed by atoms with Crippen LogP contribution in [0.4, 0.5) is 5.95 Å². The van der Waals surface area contributed by atoms with Crippen LogP contribution in [0.2, 0.25) is 0 Å². The number of furan rings is 1. The lowest BCUT2D eigenvalue weighted by molar-refractivity contribution is 0.0696. The van der Waals surface area contributed by atoms with E-state index in [0.29, 0.717) is 35.7 Å². The highest BCUT2D eigenvalue weighted by molar-refractivity contribution is 7.92. The Morgan fingerprint density at radius 3 is 2.35 bits per heavy atom. The molecular weight excluding hydrogens is 669 g/mol. The summed E-state index contributed by atoms with van der Waals surface area (Å²) in [6.45, 7) is 13.3. The van der Waals surface area contributed by atoms with Crippen LogP contribution in [0.3, 0.4) is 0 Å². The van der Waals surface area contributed by atoms with Gasteiger partial charge in [0.05, 0.1) is 28.0 Å². The number of fused-ring (bicyclic) bond motifs is 1. The number of nitrogens with zero attached hydrogens (tertiary/aromatic N) is 4. The number of aromatic nitrogens is 4. The van der Waals surface area contributed by atoms with Crippen LogP contribution in [-0.2, 0) is 16.6 Å². The second-order valence-electron chi connectivity index (χ2n) is 14.0. The molecule has 1 fully saturated rings.